The Balaban J connectivity index is 2.27. The van der Waals surface area contributed by atoms with E-state index in [9.17, 15) is 9.90 Å². The predicted octanol–water partition coefficient (Wildman–Crippen LogP) is 3.36. The number of phenolic OH excluding ortho intramolecular Hbond substituents is 1. The van der Waals surface area contributed by atoms with Crippen LogP contribution in [0.3, 0.4) is 0 Å². The maximum Gasteiger partial charge on any atom is 0.199 e. The van der Waals surface area contributed by atoms with Crippen LogP contribution in [0.25, 0.3) is 10.8 Å². The van der Waals surface area contributed by atoms with Gasteiger partial charge in [-0.25, -0.2) is 0 Å². The first-order valence-corrected chi connectivity index (χ1v) is 6.28. The minimum atomic E-state index is -0.266. The highest BCUT2D eigenvalue weighted by atomic mass is 16.3. The summed E-state index contributed by atoms with van der Waals surface area (Å²) in [6, 6.07) is 17.7. The van der Waals surface area contributed by atoms with Crippen LogP contribution in [0.5, 0.6) is 5.75 Å². The number of carbonyl (C=O) groups excluding carboxylic acids is 1. The number of aromatic hydroxyl groups is 1. The van der Waals surface area contributed by atoms with Crippen LogP contribution in [0.2, 0.25) is 0 Å². The zero-order chi connectivity index (χ0) is 14.1. The van der Waals surface area contributed by atoms with Gasteiger partial charge in [-0.2, -0.15) is 0 Å². The number of ketones is 1. The predicted molar refractivity (Wildman–Crippen MR) is 79.9 cm³/mol. The first-order chi connectivity index (χ1) is 9.68. The fraction of sp³-hybridized carbons (Fsp3) is 0. The molecule has 0 aliphatic heterocycles. The van der Waals surface area contributed by atoms with E-state index in [2.05, 4.69) is 0 Å². The van der Waals surface area contributed by atoms with Crippen molar-refractivity contribution in [2.45, 2.75) is 0 Å². The Morgan fingerprint density at radius 3 is 2.40 bits per heavy atom. The van der Waals surface area contributed by atoms with Gasteiger partial charge in [0, 0.05) is 11.3 Å². The fourth-order valence-electron chi connectivity index (χ4n) is 2.34. The minimum absolute atomic E-state index is 0.0306. The summed E-state index contributed by atoms with van der Waals surface area (Å²) < 4.78 is 0. The van der Waals surface area contributed by atoms with Gasteiger partial charge in [0.2, 0.25) is 0 Å². The second kappa shape index (κ2) is 4.70. The van der Waals surface area contributed by atoms with E-state index in [0.29, 0.717) is 16.8 Å². The first kappa shape index (κ1) is 12.2. The number of benzene rings is 3. The number of para-hydroxylation sites is 1. The molecule has 3 heteroatoms. The second-order valence-corrected chi connectivity index (χ2v) is 4.60. The lowest BCUT2D eigenvalue weighted by Crippen LogP contribution is -2.06. The van der Waals surface area contributed by atoms with Crippen LogP contribution in [-0.2, 0) is 0 Å². The number of hydrogen-bond acceptors (Lipinski definition) is 3. The molecule has 3 aromatic rings. The summed E-state index contributed by atoms with van der Waals surface area (Å²) in [4.78, 5) is 12.7. The third-order valence-corrected chi connectivity index (χ3v) is 3.34. The molecule has 0 radical (unpaired) electrons. The molecule has 0 amide bonds. The van der Waals surface area contributed by atoms with E-state index in [4.69, 9.17) is 5.73 Å². The summed E-state index contributed by atoms with van der Waals surface area (Å²) in [6.07, 6.45) is 0. The Kier molecular flexibility index (Phi) is 2.88. The molecule has 0 aromatic heterocycles. The highest BCUT2D eigenvalue weighted by Gasteiger charge is 2.18. The lowest BCUT2D eigenvalue weighted by atomic mass is 9.95. The maximum atomic E-state index is 12.7. The van der Waals surface area contributed by atoms with Gasteiger partial charge in [-0.1, -0.05) is 42.5 Å². The monoisotopic (exact) mass is 263 g/mol. The van der Waals surface area contributed by atoms with E-state index in [1.54, 1.807) is 30.3 Å². The van der Waals surface area contributed by atoms with Crippen LogP contribution >= 0.6 is 0 Å². The molecule has 3 N–H and O–H groups in total. The molecule has 0 aliphatic carbocycles. The summed E-state index contributed by atoms with van der Waals surface area (Å²) in [5.41, 5.74) is 6.95. The standard InChI is InChI=1S/C17H13NO2/c18-14-8-4-3-7-13(14)17(20)16-12-6-2-1-5-11(12)9-10-15(16)19/h1-10,19H,18H2. The van der Waals surface area contributed by atoms with Crippen LogP contribution in [-0.4, -0.2) is 10.9 Å². The number of carbonyl (C=O) groups is 1. The zero-order valence-corrected chi connectivity index (χ0v) is 10.7. The van der Waals surface area contributed by atoms with Crippen LogP contribution in [0, 0.1) is 0 Å². The number of fused-ring (bicyclic) bond motifs is 1. The summed E-state index contributed by atoms with van der Waals surface area (Å²) in [5, 5.41) is 11.7. The molecule has 20 heavy (non-hydrogen) atoms. The van der Waals surface area contributed by atoms with Gasteiger partial charge in [-0.15, -0.1) is 0 Å². The van der Waals surface area contributed by atoms with Crippen LogP contribution in [0.4, 0.5) is 5.69 Å². The number of phenols is 1. The third-order valence-electron chi connectivity index (χ3n) is 3.34. The van der Waals surface area contributed by atoms with E-state index < -0.39 is 0 Å². The van der Waals surface area contributed by atoms with Crippen molar-refractivity contribution < 1.29 is 9.90 Å². The highest BCUT2D eigenvalue weighted by molar-refractivity contribution is 6.20. The van der Waals surface area contributed by atoms with Crippen molar-refractivity contribution in [3.63, 3.8) is 0 Å². The van der Waals surface area contributed by atoms with Crippen molar-refractivity contribution in [2.24, 2.45) is 0 Å². The molecule has 0 spiro atoms. The van der Waals surface area contributed by atoms with Gasteiger partial charge in [0.05, 0.1) is 5.56 Å². The van der Waals surface area contributed by atoms with E-state index >= 15 is 0 Å². The number of hydrogen-bond donors (Lipinski definition) is 2. The Morgan fingerprint density at radius 1 is 0.900 bits per heavy atom. The van der Waals surface area contributed by atoms with Crippen LogP contribution in [0.15, 0.2) is 60.7 Å². The molecule has 0 saturated carbocycles. The molecule has 0 fully saturated rings. The Hall–Kier alpha value is -2.81. The van der Waals surface area contributed by atoms with Crippen LogP contribution < -0.4 is 5.73 Å². The van der Waals surface area contributed by atoms with Crippen molar-refractivity contribution in [3.8, 4) is 5.75 Å². The lowest BCUT2D eigenvalue weighted by Gasteiger charge is -2.09. The molecule has 0 atom stereocenters. The van der Waals surface area contributed by atoms with Crippen molar-refractivity contribution >= 4 is 22.2 Å². The Labute approximate surface area is 116 Å². The third kappa shape index (κ3) is 1.89. The largest absolute Gasteiger partial charge is 0.507 e. The molecular formula is C17H13NO2. The van der Waals surface area contributed by atoms with Crippen molar-refractivity contribution in [1.82, 2.24) is 0 Å². The first-order valence-electron chi connectivity index (χ1n) is 6.28. The van der Waals surface area contributed by atoms with E-state index in [0.717, 1.165) is 10.8 Å². The molecule has 3 nitrogen and oxygen atoms in total. The molecule has 3 rings (SSSR count). The normalized spacial score (nSPS) is 10.6. The Morgan fingerprint density at radius 2 is 1.60 bits per heavy atom. The quantitative estimate of drug-likeness (QED) is 0.550. The smallest absolute Gasteiger partial charge is 0.199 e. The maximum absolute atomic E-state index is 12.7. The van der Waals surface area contributed by atoms with Gasteiger partial charge in [0.1, 0.15) is 5.75 Å². The molecule has 0 unspecified atom stereocenters. The van der Waals surface area contributed by atoms with E-state index in [-0.39, 0.29) is 11.5 Å². The number of nitrogen functional groups attached to an aromatic ring is 1. The second-order valence-electron chi connectivity index (χ2n) is 4.60. The average Bonchev–Trinajstić information content (AvgIpc) is 2.47. The molecule has 98 valence electrons. The molecular weight excluding hydrogens is 250 g/mol. The number of nitrogens with two attached hydrogens (primary N) is 1. The molecule has 0 aliphatic rings. The molecule has 0 saturated heterocycles. The SMILES string of the molecule is Nc1ccccc1C(=O)c1c(O)ccc2ccccc12. The summed E-state index contributed by atoms with van der Waals surface area (Å²) in [5.74, 6) is -0.297. The van der Waals surface area contributed by atoms with Gasteiger partial charge in [-0.3, -0.25) is 4.79 Å². The molecule has 0 bridgehead atoms. The van der Waals surface area contributed by atoms with Gasteiger partial charge >= 0.3 is 0 Å². The summed E-state index contributed by atoms with van der Waals surface area (Å²) >= 11 is 0. The topological polar surface area (TPSA) is 63.3 Å². The number of rotatable bonds is 2. The van der Waals surface area contributed by atoms with Crippen molar-refractivity contribution in [2.75, 3.05) is 5.73 Å². The average molecular weight is 263 g/mol. The molecule has 0 heterocycles. The highest BCUT2D eigenvalue weighted by Crippen LogP contribution is 2.30. The van der Waals surface area contributed by atoms with Crippen molar-refractivity contribution in [1.29, 1.82) is 0 Å². The van der Waals surface area contributed by atoms with Crippen LogP contribution in [0.1, 0.15) is 15.9 Å². The summed E-state index contributed by atoms with van der Waals surface area (Å²) in [6.45, 7) is 0. The van der Waals surface area contributed by atoms with Gasteiger partial charge in [-0.05, 0) is 29.0 Å². The van der Waals surface area contributed by atoms with Gasteiger partial charge < -0.3 is 10.8 Å². The lowest BCUT2D eigenvalue weighted by molar-refractivity contribution is 0.103. The minimum Gasteiger partial charge on any atom is -0.507 e. The molecule has 3 aromatic carbocycles. The number of anilines is 1. The van der Waals surface area contributed by atoms with Gasteiger partial charge in [0.15, 0.2) is 5.78 Å². The van der Waals surface area contributed by atoms with Gasteiger partial charge in [0.25, 0.3) is 0 Å². The Bertz CT molecular complexity index is 809. The summed E-state index contributed by atoms with van der Waals surface area (Å²) in [7, 11) is 0. The zero-order valence-electron chi connectivity index (χ0n) is 10.7. The van der Waals surface area contributed by atoms with Crippen molar-refractivity contribution in [3.05, 3.63) is 71.8 Å². The van der Waals surface area contributed by atoms with E-state index in [1.165, 1.54) is 6.07 Å². The fourth-order valence-corrected chi connectivity index (χ4v) is 2.34. The van der Waals surface area contributed by atoms with E-state index in [1.807, 2.05) is 24.3 Å².